The first kappa shape index (κ1) is 53.6. The Labute approximate surface area is 435 Å². The van der Waals surface area contributed by atoms with Crippen molar-refractivity contribution in [3.05, 3.63) is 71.3 Å². The molecule has 6 aromatic rings. The van der Waals surface area contributed by atoms with Gasteiger partial charge in [-0.15, -0.1) is 0 Å². The number of fused-ring (bicyclic) bond motifs is 14. The normalized spacial score (nSPS) is 23.7. The molecule has 406 valence electrons. The standard InChI is InChI=1S/C52H62F6N12O4P2/c1-50(2)15-9-17-60-46(71)33-13-11-31-35(22-62-42(31)44(33)75(3,4)73)40-37(51(53,54)55)24-64-48(68-40)66-29-18-27(39(20-29)70-50)26-76(5,74)45-34-14-12-32-36(23-63-43(32)45)41-38(52(56,57)58)25-65-49(69-41)67-30-19-28(61-21-30)10-7-6-8-16-59-47(34)72/h11-14,22-25,27-30,39,61-63,70H,6-10,15-21,26H2,1-5H3,(H,59,72)(H,60,71)(H,64,66,68)(H,65,67,69)/t27?,28-,29-,30+,39+,76?/m0/s1. The molecule has 0 spiro atoms. The Morgan fingerprint density at radius 2 is 1.21 bits per heavy atom. The lowest BCUT2D eigenvalue weighted by molar-refractivity contribution is -0.138. The molecule has 9 heterocycles. The highest BCUT2D eigenvalue weighted by Gasteiger charge is 2.44. The molecule has 6 aliphatic rings. The summed E-state index contributed by atoms with van der Waals surface area (Å²) in [6.45, 7) is 9.76. The molecule has 2 unspecified atom stereocenters. The van der Waals surface area contributed by atoms with E-state index in [4.69, 9.17) is 0 Å². The summed E-state index contributed by atoms with van der Waals surface area (Å²) in [6.07, 6.45) is 0.354. The van der Waals surface area contributed by atoms with E-state index in [-0.39, 0.29) is 103 Å². The second kappa shape index (κ2) is 20.2. The van der Waals surface area contributed by atoms with Crippen molar-refractivity contribution in [3.63, 3.8) is 0 Å². The summed E-state index contributed by atoms with van der Waals surface area (Å²) in [4.78, 5) is 51.6. The lowest BCUT2D eigenvalue weighted by Gasteiger charge is -2.34. The fourth-order valence-electron chi connectivity index (χ4n) is 12.0. The zero-order chi connectivity index (χ0) is 54.1. The third-order valence-corrected chi connectivity index (χ3v) is 19.5. The molecule has 4 aromatic heterocycles. The van der Waals surface area contributed by atoms with Crippen LogP contribution in [0.1, 0.15) is 103 Å². The van der Waals surface area contributed by atoms with Gasteiger partial charge in [0.05, 0.1) is 33.5 Å². The van der Waals surface area contributed by atoms with Gasteiger partial charge >= 0.3 is 12.4 Å². The molecule has 5 aliphatic heterocycles. The predicted octanol–water partition coefficient (Wildman–Crippen LogP) is 9.06. The monoisotopic (exact) mass is 1090 g/mol. The Hall–Kier alpha value is -5.82. The molecule has 76 heavy (non-hydrogen) atoms. The van der Waals surface area contributed by atoms with Crippen LogP contribution in [0, 0.1) is 5.92 Å². The predicted molar refractivity (Wildman–Crippen MR) is 283 cm³/mol. The van der Waals surface area contributed by atoms with E-state index in [0.29, 0.717) is 45.2 Å². The van der Waals surface area contributed by atoms with Crippen LogP contribution in [0.3, 0.4) is 0 Å². The van der Waals surface area contributed by atoms with Crippen molar-refractivity contribution in [1.82, 2.24) is 51.2 Å². The van der Waals surface area contributed by atoms with E-state index < -0.39 is 72.8 Å². The molecule has 12 rings (SSSR count). The highest BCUT2D eigenvalue weighted by Crippen LogP contribution is 2.50. The van der Waals surface area contributed by atoms with Crippen LogP contribution in [0.2, 0.25) is 0 Å². The number of hydrogen-bond acceptors (Lipinski definition) is 12. The summed E-state index contributed by atoms with van der Waals surface area (Å²) in [5.74, 6) is -1.44. The number of nitrogens with zero attached hydrogens (tertiary/aromatic N) is 4. The Kier molecular flexibility index (Phi) is 14.2. The van der Waals surface area contributed by atoms with Gasteiger partial charge in [0.25, 0.3) is 11.8 Å². The Balaban J connectivity index is 1.05. The molecule has 8 N–H and O–H groups in total. The minimum absolute atomic E-state index is 0.0196. The summed E-state index contributed by atoms with van der Waals surface area (Å²) in [6, 6.07) is 5.31. The minimum atomic E-state index is -4.88. The van der Waals surface area contributed by atoms with Gasteiger partial charge in [-0.3, -0.25) is 9.59 Å². The molecule has 16 nitrogen and oxygen atoms in total. The second-order valence-electron chi connectivity index (χ2n) is 22.1. The maximum absolute atomic E-state index is 16.0. The molecular formula is C52H62F6N12O4P2. The van der Waals surface area contributed by atoms with Crippen LogP contribution in [0.15, 0.2) is 49.1 Å². The SMILES string of the molecule is CC1(C)CCCNC(=O)c2ccc3c(c[nH]c3c2P(C)(C)=O)-c2nc(ncc2C(F)(F)F)N[C@H]2CC(CP(C)(=O)c3c4ccc5c(c[nH]c35)-c3nc(ncc3C(F)(F)F)N[C@H]3CN[C@@H](CCCCCNC4=O)C3)[C@@H](C2)N1. The molecule has 16 bridgehead atoms. The number of carbonyl (C=O) groups is 2. The van der Waals surface area contributed by atoms with Gasteiger partial charge < -0.3 is 51.0 Å². The van der Waals surface area contributed by atoms with E-state index in [0.717, 1.165) is 38.1 Å². The number of rotatable bonds is 4. The highest BCUT2D eigenvalue weighted by atomic mass is 31.2. The summed E-state index contributed by atoms with van der Waals surface area (Å²) < 4.78 is 119. The molecule has 2 amide bonds. The van der Waals surface area contributed by atoms with Crippen LogP contribution in [0.4, 0.5) is 38.2 Å². The number of aromatic nitrogens is 6. The molecule has 24 heteroatoms. The van der Waals surface area contributed by atoms with Crippen molar-refractivity contribution < 1.29 is 45.1 Å². The van der Waals surface area contributed by atoms with Gasteiger partial charge in [-0.25, -0.2) is 19.9 Å². The van der Waals surface area contributed by atoms with Crippen LogP contribution in [0.5, 0.6) is 0 Å². The third-order valence-electron chi connectivity index (χ3n) is 15.4. The molecule has 2 aromatic carbocycles. The minimum Gasteiger partial charge on any atom is -0.360 e. The van der Waals surface area contributed by atoms with Crippen molar-refractivity contribution in [2.75, 3.05) is 56.4 Å². The van der Waals surface area contributed by atoms with Gasteiger partial charge in [0.2, 0.25) is 11.9 Å². The van der Waals surface area contributed by atoms with Crippen LogP contribution in [-0.4, -0.2) is 117 Å². The highest BCUT2D eigenvalue weighted by molar-refractivity contribution is 7.71. The number of halogens is 6. The number of carbonyl (C=O) groups excluding carboxylic acids is 2. The van der Waals surface area contributed by atoms with E-state index in [1.165, 1.54) is 43.9 Å². The average Bonchev–Trinajstić information content (AvgIpc) is 4.16. The second-order valence-corrected chi connectivity index (χ2v) is 28.2. The average molecular weight is 1100 g/mol. The zero-order valence-electron chi connectivity index (χ0n) is 42.8. The summed E-state index contributed by atoms with van der Waals surface area (Å²) in [5.41, 5.74) is -2.70. The number of nitrogens with one attached hydrogen (secondary N) is 8. The maximum atomic E-state index is 16.0. The number of aromatic amines is 2. The number of alkyl halides is 6. The van der Waals surface area contributed by atoms with Gasteiger partial charge in [0, 0.05) is 113 Å². The number of H-pyrrole nitrogens is 2. The van der Waals surface area contributed by atoms with E-state index in [1.807, 2.05) is 13.8 Å². The smallest absolute Gasteiger partial charge is 0.360 e. The summed E-state index contributed by atoms with van der Waals surface area (Å²) >= 11 is 0. The van der Waals surface area contributed by atoms with E-state index in [2.05, 4.69) is 61.8 Å². The maximum Gasteiger partial charge on any atom is 0.419 e. The summed E-state index contributed by atoms with van der Waals surface area (Å²) in [7, 11) is -6.95. The van der Waals surface area contributed by atoms with Crippen LogP contribution in [0.25, 0.3) is 44.3 Å². The van der Waals surface area contributed by atoms with Crippen LogP contribution in [-0.2, 0) is 21.5 Å². The van der Waals surface area contributed by atoms with Gasteiger partial charge in [-0.2, -0.15) is 26.3 Å². The fraction of sp³-hybridized carbons (Fsp3) is 0.500. The van der Waals surface area contributed by atoms with Gasteiger partial charge in [-0.05, 0) is 96.8 Å². The van der Waals surface area contributed by atoms with Crippen molar-refractivity contribution in [2.24, 2.45) is 5.92 Å². The number of amides is 2. The molecule has 1 aliphatic carbocycles. The fourth-order valence-corrected chi connectivity index (χ4v) is 16.3. The van der Waals surface area contributed by atoms with Crippen molar-refractivity contribution >= 4 is 70.4 Å². The van der Waals surface area contributed by atoms with E-state index >= 15 is 4.57 Å². The van der Waals surface area contributed by atoms with Gasteiger partial charge in [0.1, 0.15) is 25.4 Å². The van der Waals surface area contributed by atoms with Crippen molar-refractivity contribution in [2.45, 2.75) is 114 Å². The van der Waals surface area contributed by atoms with Crippen molar-refractivity contribution in [3.8, 4) is 22.5 Å². The molecule has 2 fully saturated rings. The van der Waals surface area contributed by atoms with E-state index in [9.17, 15) is 40.5 Å². The van der Waals surface area contributed by atoms with Crippen LogP contribution < -0.4 is 42.5 Å². The lowest BCUT2D eigenvalue weighted by atomic mass is 9.94. The quantitative estimate of drug-likeness (QED) is 0.0612. The molecule has 0 radical (unpaired) electrons. The number of hydrogen-bond donors (Lipinski definition) is 8. The first-order valence-electron chi connectivity index (χ1n) is 25.8. The first-order valence-corrected chi connectivity index (χ1v) is 30.7. The first-order chi connectivity index (χ1) is 35.8. The summed E-state index contributed by atoms with van der Waals surface area (Å²) in [5, 5.41) is 20.7. The zero-order valence-corrected chi connectivity index (χ0v) is 44.6. The molecule has 6 atom stereocenters. The molecule has 1 saturated carbocycles. The van der Waals surface area contributed by atoms with Crippen LogP contribution >= 0.6 is 14.3 Å². The number of anilines is 2. The molecule has 1 saturated heterocycles. The van der Waals surface area contributed by atoms with Gasteiger partial charge in [0.15, 0.2) is 0 Å². The Bertz CT molecular complexity index is 3330. The Morgan fingerprint density at radius 1 is 0.658 bits per heavy atom. The topological polar surface area (TPSA) is 224 Å². The van der Waals surface area contributed by atoms with Crippen molar-refractivity contribution in [1.29, 1.82) is 0 Å². The van der Waals surface area contributed by atoms with Gasteiger partial charge in [-0.1, -0.05) is 25.0 Å². The largest absolute Gasteiger partial charge is 0.419 e. The molecular weight excluding hydrogens is 1030 g/mol. The Morgan fingerprint density at radius 3 is 1.79 bits per heavy atom. The lowest BCUT2D eigenvalue weighted by Crippen LogP contribution is -2.48. The van der Waals surface area contributed by atoms with E-state index in [1.54, 1.807) is 12.7 Å². The third kappa shape index (κ3) is 10.9. The number of benzene rings is 2.